The molecule has 1 fully saturated rings. The lowest BCUT2D eigenvalue weighted by Crippen LogP contribution is -2.57. The average Bonchev–Trinajstić information content (AvgIpc) is 2.70. The van der Waals surface area contributed by atoms with Crippen LogP contribution >= 0.6 is 35.1 Å². The molecule has 0 spiro atoms. The number of hydrogen-bond acceptors (Lipinski definition) is 6. The van der Waals surface area contributed by atoms with Gasteiger partial charge in [0.1, 0.15) is 5.70 Å². The molecule has 13 heteroatoms. The Morgan fingerprint density at radius 3 is 2.75 bits per heavy atom. The molecule has 1 unspecified atom stereocenters. The molecule has 2 aliphatic heterocycles. The summed E-state index contributed by atoms with van der Waals surface area (Å²) in [7, 11) is 0. The van der Waals surface area contributed by atoms with Crippen LogP contribution in [0, 0.1) is 0 Å². The maximum Gasteiger partial charge on any atom is 0.431 e. The van der Waals surface area contributed by atoms with Crippen LogP contribution in [0.4, 0.5) is 13.2 Å². The second-order valence-electron chi connectivity index (χ2n) is 7.29. The highest BCUT2D eigenvalue weighted by atomic mass is 35.5. The maximum absolute atomic E-state index is 13.7. The molecular weight excluding hydrogens is 492 g/mol. The highest BCUT2D eigenvalue weighted by Gasteiger charge is 2.44. The second-order valence-corrected chi connectivity index (χ2v) is 8.99. The first-order valence-corrected chi connectivity index (χ1v) is 11.2. The quantitative estimate of drug-likeness (QED) is 0.570. The van der Waals surface area contributed by atoms with Gasteiger partial charge in [-0.2, -0.15) is 13.2 Å². The number of halogens is 5. The molecule has 176 valence electrons. The van der Waals surface area contributed by atoms with Crippen molar-refractivity contribution in [3.63, 3.8) is 0 Å². The van der Waals surface area contributed by atoms with E-state index in [4.69, 9.17) is 27.9 Å². The molecule has 0 radical (unpaired) electrons. The number of ether oxygens (including phenoxy) is 1. The molecule has 2 aliphatic rings. The molecule has 0 saturated carbocycles. The Hall–Kier alpha value is -1.66. The van der Waals surface area contributed by atoms with Crippen LogP contribution in [0.3, 0.4) is 0 Å². The van der Waals surface area contributed by atoms with Crippen LogP contribution in [0.2, 0.25) is 10.0 Å². The topological polar surface area (TPSA) is 73.9 Å². The summed E-state index contributed by atoms with van der Waals surface area (Å²) in [6.07, 6.45) is -4.80. The van der Waals surface area contributed by atoms with Gasteiger partial charge in [-0.25, -0.2) is 0 Å². The van der Waals surface area contributed by atoms with E-state index in [0.717, 1.165) is 10.5 Å². The fraction of sp³-hybridized carbons (Fsp3) is 0.474. The smallest absolute Gasteiger partial charge is 0.374 e. The second kappa shape index (κ2) is 10.5. The standard InChI is InChI=1S/C19H21Cl2F3N4O3S/c1-11(29)26-32-18-25-17(30)7-16(19(22,23)24)28(18)10-13-9-27(4-5-31-13)8-12-2-3-14(20)15(21)6-12/h2-3,6-7,13,18H,4-5,8-10H2,1H3,(H,25,30)(H,26,29)/t13?,18-/m1/s1. The van der Waals surface area contributed by atoms with Crippen molar-refractivity contribution in [3.05, 3.63) is 45.6 Å². The minimum Gasteiger partial charge on any atom is -0.374 e. The molecule has 3 rings (SSSR count). The van der Waals surface area contributed by atoms with Crippen molar-refractivity contribution in [1.82, 2.24) is 19.8 Å². The van der Waals surface area contributed by atoms with Gasteiger partial charge in [-0.3, -0.25) is 19.2 Å². The third-order valence-corrected chi connectivity index (χ3v) is 6.48. The van der Waals surface area contributed by atoms with Crippen LogP contribution in [0.5, 0.6) is 0 Å². The van der Waals surface area contributed by atoms with Gasteiger partial charge >= 0.3 is 6.18 Å². The van der Waals surface area contributed by atoms with Gasteiger partial charge in [-0.05, 0) is 29.6 Å². The van der Waals surface area contributed by atoms with Crippen molar-refractivity contribution in [3.8, 4) is 0 Å². The van der Waals surface area contributed by atoms with Gasteiger partial charge < -0.3 is 15.0 Å². The molecule has 1 saturated heterocycles. The summed E-state index contributed by atoms with van der Waals surface area (Å²) in [6, 6.07) is 5.28. The lowest BCUT2D eigenvalue weighted by Gasteiger charge is -2.42. The van der Waals surface area contributed by atoms with Gasteiger partial charge in [-0.15, -0.1) is 0 Å². The fourth-order valence-electron chi connectivity index (χ4n) is 3.40. The Morgan fingerprint density at radius 1 is 1.34 bits per heavy atom. The number of allylic oxidation sites excluding steroid dienone is 1. The molecule has 0 aliphatic carbocycles. The van der Waals surface area contributed by atoms with Crippen LogP contribution in [0.25, 0.3) is 0 Å². The minimum absolute atomic E-state index is 0.138. The Labute approximate surface area is 197 Å². The molecule has 1 aromatic carbocycles. The summed E-state index contributed by atoms with van der Waals surface area (Å²) in [5, 5.41) is 3.31. The maximum atomic E-state index is 13.7. The lowest BCUT2D eigenvalue weighted by molar-refractivity contribution is -0.133. The number of hydrogen-bond donors (Lipinski definition) is 2. The monoisotopic (exact) mass is 512 g/mol. The van der Waals surface area contributed by atoms with Crippen LogP contribution in [-0.2, 0) is 20.9 Å². The highest BCUT2D eigenvalue weighted by Crippen LogP contribution is 2.34. The van der Waals surface area contributed by atoms with E-state index in [-0.39, 0.29) is 6.54 Å². The van der Waals surface area contributed by atoms with E-state index in [1.807, 2.05) is 11.0 Å². The molecule has 2 N–H and O–H groups in total. The van der Waals surface area contributed by atoms with E-state index in [1.54, 1.807) is 12.1 Å². The SMILES string of the molecule is CC(=O)NS[C@@H]1NC(=O)C=C(C(F)(F)F)N1CC1CN(Cc2ccc(Cl)c(Cl)c2)CCO1. The summed E-state index contributed by atoms with van der Waals surface area (Å²) in [5.41, 5.74) is -1.31. The van der Waals surface area contributed by atoms with Gasteiger partial charge in [-0.1, -0.05) is 29.3 Å². The molecule has 0 bridgehead atoms. The number of amides is 2. The number of rotatable bonds is 6. The number of benzene rings is 1. The normalized spacial score (nSPS) is 22.4. The van der Waals surface area contributed by atoms with Crippen molar-refractivity contribution in [2.45, 2.75) is 31.2 Å². The van der Waals surface area contributed by atoms with Crippen molar-refractivity contribution in [1.29, 1.82) is 0 Å². The Morgan fingerprint density at radius 2 is 2.09 bits per heavy atom. The van der Waals surface area contributed by atoms with Gasteiger partial charge in [0.25, 0.3) is 0 Å². The van der Waals surface area contributed by atoms with Crippen LogP contribution in [-0.4, -0.2) is 65.6 Å². The predicted octanol–water partition coefficient (Wildman–Crippen LogP) is 3.14. The fourth-order valence-corrected chi connectivity index (χ4v) is 4.50. The van der Waals surface area contributed by atoms with Crippen molar-refractivity contribution in [2.75, 3.05) is 26.2 Å². The molecule has 7 nitrogen and oxygen atoms in total. The third-order valence-electron chi connectivity index (χ3n) is 4.74. The Balaban J connectivity index is 1.73. The average molecular weight is 513 g/mol. The molecule has 0 aromatic heterocycles. The molecule has 2 atom stereocenters. The van der Waals surface area contributed by atoms with E-state index in [2.05, 4.69) is 10.0 Å². The Kier molecular flexibility index (Phi) is 8.21. The minimum atomic E-state index is -4.75. The number of carbonyl (C=O) groups excluding carboxylic acids is 2. The summed E-state index contributed by atoms with van der Waals surface area (Å²) < 4.78 is 49.1. The van der Waals surface area contributed by atoms with Crippen LogP contribution in [0.15, 0.2) is 30.0 Å². The van der Waals surface area contributed by atoms with Crippen LogP contribution < -0.4 is 10.0 Å². The first kappa shape index (κ1) is 25.0. The summed E-state index contributed by atoms with van der Waals surface area (Å²) in [6.45, 7) is 2.92. The van der Waals surface area contributed by atoms with Gasteiger partial charge in [0.05, 0.1) is 22.8 Å². The zero-order chi connectivity index (χ0) is 23.5. The highest BCUT2D eigenvalue weighted by molar-refractivity contribution is 7.98. The molecule has 2 amide bonds. The molecule has 2 heterocycles. The number of nitrogens with zero attached hydrogens (tertiary/aromatic N) is 2. The van der Waals surface area contributed by atoms with Crippen molar-refractivity contribution in [2.24, 2.45) is 0 Å². The van der Waals surface area contributed by atoms with E-state index in [9.17, 15) is 22.8 Å². The number of morpholine rings is 1. The first-order valence-electron chi connectivity index (χ1n) is 9.59. The van der Waals surface area contributed by atoms with E-state index in [1.165, 1.54) is 6.92 Å². The Bertz CT molecular complexity index is 903. The van der Waals surface area contributed by atoms with Gasteiger partial charge in [0, 0.05) is 39.2 Å². The van der Waals surface area contributed by atoms with E-state index >= 15 is 0 Å². The van der Waals surface area contributed by atoms with Crippen molar-refractivity contribution < 1.29 is 27.5 Å². The zero-order valence-corrected chi connectivity index (χ0v) is 19.2. The van der Waals surface area contributed by atoms with Crippen LogP contribution in [0.1, 0.15) is 12.5 Å². The third kappa shape index (κ3) is 6.67. The summed E-state index contributed by atoms with van der Waals surface area (Å²) >= 11 is 12.7. The zero-order valence-electron chi connectivity index (χ0n) is 16.9. The molecule has 32 heavy (non-hydrogen) atoms. The number of nitrogens with one attached hydrogen (secondary N) is 2. The molecule has 1 aromatic rings. The van der Waals surface area contributed by atoms with E-state index < -0.39 is 35.3 Å². The number of alkyl halides is 3. The predicted molar refractivity (Wildman–Crippen MR) is 116 cm³/mol. The van der Waals surface area contributed by atoms with Gasteiger partial charge in [0.15, 0.2) is 5.50 Å². The largest absolute Gasteiger partial charge is 0.431 e. The summed E-state index contributed by atoms with van der Waals surface area (Å²) in [4.78, 5) is 26.1. The first-order chi connectivity index (χ1) is 15.0. The molecular formula is C19H21Cl2F3N4O3S. The van der Waals surface area contributed by atoms with Crippen molar-refractivity contribution >= 4 is 47.0 Å². The number of carbonyl (C=O) groups is 2. The summed E-state index contributed by atoms with van der Waals surface area (Å²) in [5.74, 6) is -1.34. The van der Waals surface area contributed by atoms with E-state index in [0.29, 0.717) is 54.3 Å². The van der Waals surface area contributed by atoms with Gasteiger partial charge in [0.2, 0.25) is 11.8 Å². The lowest BCUT2D eigenvalue weighted by atomic mass is 10.1.